The maximum atomic E-state index is 12.8. The van der Waals surface area contributed by atoms with Gasteiger partial charge in [0.2, 0.25) is 0 Å². The Kier molecular flexibility index (Phi) is 5.44. The lowest BCUT2D eigenvalue weighted by Crippen LogP contribution is -2.33. The molecule has 0 aliphatic rings. The fraction of sp³-hybridized carbons (Fsp3) is 0.200. The molecule has 7 heteroatoms. The van der Waals surface area contributed by atoms with Gasteiger partial charge in [-0.05, 0) is 46.3 Å². The van der Waals surface area contributed by atoms with Gasteiger partial charge in [0.25, 0.3) is 10.0 Å². The van der Waals surface area contributed by atoms with Gasteiger partial charge < -0.3 is 9.84 Å². The molecule has 118 valence electrons. The molecule has 2 aromatic carbocycles. The molecule has 0 saturated heterocycles. The zero-order chi connectivity index (χ0) is 16.2. The van der Waals surface area contributed by atoms with Crippen LogP contribution in [0.4, 0.5) is 5.69 Å². The van der Waals surface area contributed by atoms with Gasteiger partial charge in [-0.1, -0.05) is 18.2 Å². The molecule has 0 bridgehead atoms. The number of hydrogen-bond donors (Lipinski definition) is 1. The van der Waals surface area contributed by atoms with Crippen LogP contribution in [0, 0.1) is 0 Å². The number of halogens is 1. The average molecular weight is 386 g/mol. The van der Waals surface area contributed by atoms with Crippen LogP contribution >= 0.6 is 15.9 Å². The summed E-state index contributed by atoms with van der Waals surface area (Å²) in [6, 6.07) is 13.2. The maximum Gasteiger partial charge on any atom is 0.264 e. The molecule has 0 radical (unpaired) electrons. The van der Waals surface area contributed by atoms with Crippen molar-refractivity contribution < 1.29 is 18.3 Å². The molecule has 0 amide bonds. The van der Waals surface area contributed by atoms with Crippen molar-refractivity contribution >= 4 is 31.6 Å². The minimum Gasteiger partial charge on any atom is -0.496 e. The Hall–Kier alpha value is -1.57. The number of aliphatic hydroxyl groups excluding tert-OH is 1. The molecule has 0 spiro atoms. The summed E-state index contributed by atoms with van der Waals surface area (Å²) in [7, 11) is -2.27. The summed E-state index contributed by atoms with van der Waals surface area (Å²) in [4.78, 5) is 0.123. The van der Waals surface area contributed by atoms with Crippen LogP contribution in [0.2, 0.25) is 0 Å². The largest absolute Gasteiger partial charge is 0.496 e. The molecule has 0 heterocycles. The zero-order valence-electron chi connectivity index (χ0n) is 11.9. The highest BCUT2D eigenvalue weighted by Gasteiger charge is 2.25. The number of hydrogen-bond acceptors (Lipinski definition) is 4. The highest BCUT2D eigenvalue weighted by Crippen LogP contribution is 2.30. The highest BCUT2D eigenvalue weighted by atomic mass is 79.9. The van der Waals surface area contributed by atoms with Crippen LogP contribution in [-0.2, 0) is 10.0 Å². The van der Waals surface area contributed by atoms with E-state index in [1.807, 2.05) is 0 Å². The summed E-state index contributed by atoms with van der Waals surface area (Å²) in [5.41, 5.74) is 0.503. The predicted molar refractivity (Wildman–Crippen MR) is 88.8 cm³/mol. The molecular formula is C15H16BrNO4S. The van der Waals surface area contributed by atoms with Gasteiger partial charge in [0.05, 0.1) is 35.3 Å². The van der Waals surface area contributed by atoms with E-state index in [9.17, 15) is 13.5 Å². The van der Waals surface area contributed by atoms with E-state index in [1.165, 1.54) is 23.5 Å². The molecule has 0 aromatic heterocycles. The van der Waals surface area contributed by atoms with Gasteiger partial charge in [0.1, 0.15) is 5.75 Å². The molecule has 22 heavy (non-hydrogen) atoms. The Labute approximate surface area is 138 Å². The number of sulfonamides is 1. The van der Waals surface area contributed by atoms with Gasteiger partial charge in [-0.15, -0.1) is 0 Å². The molecule has 0 aliphatic heterocycles. The van der Waals surface area contributed by atoms with Gasteiger partial charge in [-0.2, -0.15) is 0 Å². The standard InChI is InChI=1S/C15H16BrNO4S/c1-21-15-8-7-13(11-14(15)16)22(19,20)17(9-10-18)12-5-3-2-4-6-12/h2-8,11,18H,9-10H2,1H3. The van der Waals surface area contributed by atoms with Crippen molar-refractivity contribution in [3.05, 3.63) is 53.0 Å². The summed E-state index contributed by atoms with van der Waals surface area (Å²) in [6.07, 6.45) is 0. The topological polar surface area (TPSA) is 66.8 Å². The maximum absolute atomic E-state index is 12.8. The van der Waals surface area contributed by atoms with Crippen LogP contribution in [0.15, 0.2) is 57.9 Å². The van der Waals surface area contributed by atoms with Crippen molar-refractivity contribution in [2.24, 2.45) is 0 Å². The van der Waals surface area contributed by atoms with E-state index < -0.39 is 10.0 Å². The zero-order valence-corrected chi connectivity index (χ0v) is 14.3. The molecule has 0 fully saturated rings. The fourth-order valence-electron chi connectivity index (χ4n) is 2.01. The number of anilines is 1. The van der Waals surface area contributed by atoms with Gasteiger partial charge in [0, 0.05) is 0 Å². The second-order valence-corrected chi connectivity index (χ2v) is 7.15. The van der Waals surface area contributed by atoms with Gasteiger partial charge in [-0.25, -0.2) is 8.42 Å². The fourth-order valence-corrected chi connectivity index (χ4v) is 4.18. The Balaban J connectivity index is 2.48. The molecule has 0 atom stereocenters. The smallest absolute Gasteiger partial charge is 0.264 e. The second-order valence-electron chi connectivity index (χ2n) is 4.43. The van der Waals surface area contributed by atoms with Crippen molar-refractivity contribution in [1.29, 1.82) is 0 Å². The van der Waals surface area contributed by atoms with Gasteiger partial charge >= 0.3 is 0 Å². The van der Waals surface area contributed by atoms with Crippen LogP contribution in [0.3, 0.4) is 0 Å². The number of rotatable bonds is 6. The number of benzene rings is 2. The van der Waals surface area contributed by atoms with Crippen LogP contribution in [0.25, 0.3) is 0 Å². The lowest BCUT2D eigenvalue weighted by atomic mass is 10.3. The Morgan fingerprint density at radius 3 is 2.41 bits per heavy atom. The van der Waals surface area contributed by atoms with E-state index in [1.54, 1.807) is 36.4 Å². The quantitative estimate of drug-likeness (QED) is 0.829. The Morgan fingerprint density at radius 2 is 1.86 bits per heavy atom. The van der Waals surface area contributed by atoms with Crippen LogP contribution in [-0.4, -0.2) is 33.8 Å². The number of nitrogens with zero attached hydrogens (tertiary/aromatic N) is 1. The van der Waals surface area contributed by atoms with E-state index in [0.717, 1.165) is 0 Å². The monoisotopic (exact) mass is 385 g/mol. The van der Waals surface area contributed by atoms with Crippen molar-refractivity contribution in [3.63, 3.8) is 0 Å². The summed E-state index contributed by atoms with van der Waals surface area (Å²) in [5.74, 6) is 0.548. The summed E-state index contributed by atoms with van der Waals surface area (Å²) in [6.45, 7) is -0.290. The summed E-state index contributed by atoms with van der Waals surface area (Å²) < 4.78 is 32.5. The van der Waals surface area contributed by atoms with Crippen molar-refractivity contribution in [1.82, 2.24) is 0 Å². The second kappa shape index (κ2) is 7.13. The van der Waals surface area contributed by atoms with Gasteiger partial charge in [-0.3, -0.25) is 4.31 Å². The Bertz CT molecular complexity index is 734. The first kappa shape index (κ1) is 16.8. The lowest BCUT2D eigenvalue weighted by Gasteiger charge is -2.24. The molecule has 0 saturated carbocycles. The summed E-state index contributed by atoms with van der Waals surface area (Å²) >= 11 is 3.29. The molecular weight excluding hydrogens is 370 g/mol. The average Bonchev–Trinajstić information content (AvgIpc) is 2.53. The first-order valence-electron chi connectivity index (χ1n) is 6.53. The normalized spacial score (nSPS) is 11.2. The van der Waals surface area contributed by atoms with Crippen molar-refractivity contribution in [3.8, 4) is 5.75 Å². The lowest BCUT2D eigenvalue weighted by molar-refractivity contribution is 0.306. The first-order chi connectivity index (χ1) is 10.5. The molecule has 5 nitrogen and oxygen atoms in total. The predicted octanol–water partition coefficient (Wildman–Crippen LogP) is 2.65. The molecule has 2 aromatic rings. The Morgan fingerprint density at radius 1 is 1.18 bits per heavy atom. The molecule has 1 N–H and O–H groups in total. The number of ether oxygens (including phenoxy) is 1. The third kappa shape index (κ3) is 3.43. The van der Waals surface area contributed by atoms with E-state index >= 15 is 0 Å². The first-order valence-corrected chi connectivity index (χ1v) is 8.76. The number of methoxy groups -OCH3 is 1. The SMILES string of the molecule is COc1ccc(S(=O)(=O)N(CCO)c2ccccc2)cc1Br. The van der Waals surface area contributed by atoms with Crippen LogP contribution in [0.5, 0.6) is 5.75 Å². The van der Waals surface area contributed by atoms with E-state index in [2.05, 4.69) is 15.9 Å². The van der Waals surface area contributed by atoms with Gasteiger partial charge in [0.15, 0.2) is 0 Å². The minimum atomic E-state index is -3.78. The molecule has 0 unspecified atom stereocenters. The van der Waals surface area contributed by atoms with E-state index in [-0.39, 0.29) is 18.0 Å². The molecule has 0 aliphatic carbocycles. The van der Waals surface area contributed by atoms with Crippen molar-refractivity contribution in [2.75, 3.05) is 24.6 Å². The van der Waals surface area contributed by atoms with Crippen LogP contribution < -0.4 is 9.04 Å². The van der Waals surface area contributed by atoms with E-state index in [0.29, 0.717) is 15.9 Å². The third-order valence-corrected chi connectivity index (χ3v) is 5.50. The van der Waals surface area contributed by atoms with Crippen LogP contribution in [0.1, 0.15) is 0 Å². The number of para-hydroxylation sites is 1. The molecule has 2 rings (SSSR count). The summed E-state index contributed by atoms with van der Waals surface area (Å²) in [5, 5.41) is 9.21. The minimum absolute atomic E-state index is 0.0179. The van der Waals surface area contributed by atoms with Crippen molar-refractivity contribution in [2.45, 2.75) is 4.90 Å². The van der Waals surface area contributed by atoms with E-state index in [4.69, 9.17) is 4.74 Å². The third-order valence-electron chi connectivity index (χ3n) is 3.06. The number of aliphatic hydroxyl groups is 1. The highest BCUT2D eigenvalue weighted by molar-refractivity contribution is 9.10.